The maximum absolute atomic E-state index is 12.9. The molecule has 9 heteroatoms. The van der Waals surface area contributed by atoms with Gasteiger partial charge in [-0.3, -0.25) is 4.79 Å². The Hall–Kier alpha value is -3.23. The average Bonchev–Trinajstić information content (AvgIpc) is 3.11. The molecule has 0 aliphatic carbocycles. The Bertz CT molecular complexity index is 998. The number of nitrogens with zero attached hydrogens (tertiary/aromatic N) is 4. The lowest BCUT2D eigenvalue weighted by Crippen LogP contribution is -2.15. The van der Waals surface area contributed by atoms with Crippen LogP contribution in [0.3, 0.4) is 0 Å². The number of alkyl halides is 3. The second kappa shape index (κ2) is 8.64. The van der Waals surface area contributed by atoms with E-state index in [1.807, 2.05) is 13.8 Å². The van der Waals surface area contributed by atoms with E-state index in [0.717, 1.165) is 17.7 Å². The summed E-state index contributed by atoms with van der Waals surface area (Å²) >= 11 is 0. The van der Waals surface area contributed by atoms with Crippen LogP contribution in [0.2, 0.25) is 0 Å². The molecule has 2 heterocycles. The summed E-state index contributed by atoms with van der Waals surface area (Å²) in [5, 5.41) is 4.44. The van der Waals surface area contributed by atoms with E-state index in [2.05, 4.69) is 15.1 Å². The standard InChI is InChI=1S/C21H22F3N5O/c1-13(2)10-15(14-4-6-16(7-5-14)21(22,23)24)11-18-17(19(25)30)12-29(28-18)20-26-8-3-9-27-20/h3-9,12-13,15H,10-11H2,1-2H3,(H2,25,30). The number of primary amides is 1. The first-order valence-electron chi connectivity index (χ1n) is 9.48. The van der Waals surface area contributed by atoms with Crippen LogP contribution in [0.5, 0.6) is 0 Å². The van der Waals surface area contributed by atoms with Gasteiger partial charge in [0.25, 0.3) is 5.91 Å². The Morgan fingerprint density at radius 3 is 2.30 bits per heavy atom. The van der Waals surface area contributed by atoms with Crippen molar-refractivity contribution in [3.63, 3.8) is 0 Å². The third-order valence-corrected chi connectivity index (χ3v) is 4.72. The van der Waals surface area contributed by atoms with Gasteiger partial charge in [-0.2, -0.15) is 18.3 Å². The van der Waals surface area contributed by atoms with E-state index in [9.17, 15) is 18.0 Å². The van der Waals surface area contributed by atoms with Gasteiger partial charge < -0.3 is 5.73 Å². The number of rotatable bonds is 7. The van der Waals surface area contributed by atoms with Crippen molar-refractivity contribution in [2.75, 3.05) is 0 Å². The van der Waals surface area contributed by atoms with Gasteiger partial charge in [0.2, 0.25) is 5.95 Å². The van der Waals surface area contributed by atoms with E-state index < -0.39 is 17.6 Å². The Balaban J connectivity index is 1.95. The molecule has 0 aliphatic rings. The highest BCUT2D eigenvalue weighted by atomic mass is 19.4. The molecule has 0 fully saturated rings. The van der Waals surface area contributed by atoms with Gasteiger partial charge >= 0.3 is 6.18 Å². The average molecular weight is 417 g/mol. The maximum Gasteiger partial charge on any atom is 0.416 e. The van der Waals surface area contributed by atoms with Crippen LogP contribution in [-0.4, -0.2) is 25.7 Å². The number of benzene rings is 1. The molecule has 0 radical (unpaired) electrons. The lowest BCUT2D eigenvalue weighted by molar-refractivity contribution is -0.137. The normalized spacial score (nSPS) is 12.9. The van der Waals surface area contributed by atoms with Crippen LogP contribution in [-0.2, 0) is 12.6 Å². The van der Waals surface area contributed by atoms with Crippen molar-refractivity contribution in [2.45, 2.75) is 38.8 Å². The lowest BCUT2D eigenvalue weighted by atomic mass is 9.85. The second-order valence-corrected chi connectivity index (χ2v) is 7.50. The van der Waals surface area contributed by atoms with Gasteiger partial charge in [0.1, 0.15) is 0 Å². The fourth-order valence-electron chi connectivity index (χ4n) is 3.36. The monoisotopic (exact) mass is 417 g/mol. The molecule has 3 rings (SSSR count). The minimum atomic E-state index is -4.39. The van der Waals surface area contributed by atoms with Gasteiger partial charge in [0.15, 0.2) is 0 Å². The number of carbonyl (C=O) groups excluding carboxylic acids is 1. The molecule has 0 saturated heterocycles. The molecule has 30 heavy (non-hydrogen) atoms. The minimum absolute atomic E-state index is 0.134. The maximum atomic E-state index is 12.9. The highest BCUT2D eigenvalue weighted by Gasteiger charge is 2.30. The summed E-state index contributed by atoms with van der Waals surface area (Å²) < 4.78 is 40.1. The summed E-state index contributed by atoms with van der Waals surface area (Å²) in [6, 6.07) is 6.78. The number of hydrogen-bond acceptors (Lipinski definition) is 4. The molecule has 1 unspecified atom stereocenters. The van der Waals surface area contributed by atoms with Crippen molar-refractivity contribution in [1.82, 2.24) is 19.7 Å². The highest BCUT2D eigenvalue weighted by Crippen LogP contribution is 2.33. The summed E-state index contributed by atoms with van der Waals surface area (Å²) in [5.41, 5.74) is 6.28. The molecule has 0 spiro atoms. The van der Waals surface area contributed by atoms with Crippen molar-refractivity contribution in [3.05, 3.63) is 71.3 Å². The second-order valence-electron chi connectivity index (χ2n) is 7.50. The summed E-state index contributed by atoms with van der Waals surface area (Å²) in [4.78, 5) is 20.2. The fraction of sp³-hybridized carbons (Fsp3) is 0.333. The summed E-state index contributed by atoms with van der Waals surface area (Å²) in [6.07, 6.45) is 1.25. The van der Waals surface area contributed by atoms with Crippen LogP contribution in [0, 0.1) is 5.92 Å². The zero-order chi connectivity index (χ0) is 21.9. The Labute approximate surface area is 172 Å². The van der Waals surface area contributed by atoms with Gasteiger partial charge in [-0.05, 0) is 48.4 Å². The molecule has 1 atom stereocenters. The van der Waals surface area contributed by atoms with Gasteiger partial charge in [0, 0.05) is 18.6 Å². The van der Waals surface area contributed by atoms with Crippen LogP contribution < -0.4 is 5.73 Å². The number of carbonyl (C=O) groups is 1. The molecule has 0 bridgehead atoms. The van der Waals surface area contributed by atoms with Crippen LogP contribution >= 0.6 is 0 Å². The molecular weight excluding hydrogens is 395 g/mol. The topological polar surface area (TPSA) is 86.7 Å². The Morgan fingerprint density at radius 1 is 1.13 bits per heavy atom. The van der Waals surface area contributed by atoms with Crippen LogP contribution in [0.15, 0.2) is 48.9 Å². The minimum Gasteiger partial charge on any atom is -0.365 e. The molecule has 1 amide bonds. The molecule has 0 aliphatic heterocycles. The van der Waals surface area contributed by atoms with Crippen molar-refractivity contribution >= 4 is 5.91 Å². The number of amides is 1. The quantitative estimate of drug-likeness (QED) is 0.626. The molecule has 3 aromatic rings. The van der Waals surface area contributed by atoms with E-state index in [1.54, 1.807) is 18.5 Å². The number of aromatic nitrogens is 4. The number of hydrogen-bond donors (Lipinski definition) is 1. The van der Waals surface area contributed by atoms with Crippen molar-refractivity contribution in [3.8, 4) is 5.95 Å². The largest absolute Gasteiger partial charge is 0.416 e. The third kappa shape index (κ3) is 5.03. The van der Waals surface area contributed by atoms with Gasteiger partial charge in [0.05, 0.1) is 16.8 Å². The molecular formula is C21H22F3N5O. The predicted molar refractivity (Wildman–Crippen MR) is 105 cm³/mol. The zero-order valence-electron chi connectivity index (χ0n) is 16.6. The van der Waals surface area contributed by atoms with Crippen LogP contribution in [0.1, 0.15) is 53.4 Å². The zero-order valence-corrected chi connectivity index (χ0v) is 16.6. The van der Waals surface area contributed by atoms with E-state index >= 15 is 0 Å². The summed E-state index contributed by atoms with van der Waals surface area (Å²) in [6.45, 7) is 4.06. The SMILES string of the molecule is CC(C)CC(Cc1nn(-c2ncccn2)cc1C(N)=O)c1ccc(C(F)(F)F)cc1. The first-order valence-corrected chi connectivity index (χ1v) is 9.48. The Morgan fingerprint density at radius 2 is 1.77 bits per heavy atom. The summed E-state index contributed by atoms with van der Waals surface area (Å²) in [5.74, 6) is -0.191. The molecule has 158 valence electrons. The van der Waals surface area contributed by atoms with Gasteiger partial charge in [-0.15, -0.1) is 0 Å². The lowest BCUT2D eigenvalue weighted by Gasteiger charge is -2.20. The van der Waals surface area contributed by atoms with E-state index in [4.69, 9.17) is 5.73 Å². The molecule has 0 saturated carbocycles. The van der Waals surface area contributed by atoms with Crippen LogP contribution in [0.4, 0.5) is 13.2 Å². The van der Waals surface area contributed by atoms with Gasteiger partial charge in [-0.25, -0.2) is 14.6 Å². The predicted octanol–water partition coefficient (Wildman–Crippen LogP) is 4.15. The molecule has 6 nitrogen and oxygen atoms in total. The van der Waals surface area contributed by atoms with Crippen molar-refractivity contribution < 1.29 is 18.0 Å². The first-order chi connectivity index (χ1) is 14.1. The highest BCUT2D eigenvalue weighted by molar-refractivity contribution is 5.93. The van der Waals surface area contributed by atoms with Crippen molar-refractivity contribution in [1.29, 1.82) is 0 Å². The van der Waals surface area contributed by atoms with E-state index in [1.165, 1.54) is 23.0 Å². The van der Waals surface area contributed by atoms with E-state index in [0.29, 0.717) is 24.5 Å². The number of halogens is 3. The molecule has 1 aromatic carbocycles. The third-order valence-electron chi connectivity index (χ3n) is 4.72. The Kier molecular flexibility index (Phi) is 6.19. The smallest absolute Gasteiger partial charge is 0.365 e. The first kappa shape index (κ1) is 21.5. The van der Waals surface area contributed by atoms with Gasteiger partial charge in [-0.1, -0.05) is 26.0 Å². The summed E-state index contributed by atoms with van der Waals surface area (Å²) in [7, 11) is 0. The molecule has 2 N–H and O–H groups in total. The van der Waals surface area contributed by atoms with E-state index in [-0.39, 0.29) is 17.4 Å². The fourth-order valence-corrected chi connectivity index (χ4v) is 3.36. The molecule has 2 aromatic heterocycles. The van der Waals surface area contributed by atoms with Crippen molar-refractivity contribution in [2.24, 2.45) is 11.7 Å². The number of nitrogens with two attached hydrogens (primary N) is 1. The van der Waals surface area contributed by atoms with Crippen LogP contribution in [0.25, 0.3) is 5.95 Å².